The highest BCUT2D eigenvalue weighted by Gasteiger charge is 2.02. The van der Waals surface area contributed by atoms with E-state index >= 15 is 0 Å². The van der Waals surface area contributed by atoms with Crippen LogP contribution in [0.1, 0.15) is 4.88 Å². The van der Waals surface area contributed by atoms with Gasteiger partial charge in [-0.2, -0.15) is 0 Å². The monoisotopic (exact) mass is 347 g/mol. The highest BCUT2D eigenvalue weighted by atomic mass is 79.9. The van der Waals surface area contributed by atoms with Crippen LogP contribution in [0.15, 0.2) is 43.5 Å². The van der Waals surface area contributed by atoms with Crippen LogP contribution in [0.5, 0.6) is 0 Å². The molecule has 78 valence electrons. The van der Waals surface area contributed by atoms with Crippen molar-refractivity contribution in [3.63, 3.8) is 0 Å². The van der Waals surface area contributed by atoms with Gasteiger partial charge in [-0.25, -0.2) is 0 Å². The third-order valence-electron chi connectivity index (χ3n) is 1.93. The molecule has 0 spiro atoms. The molecule has 2 rings (SSSR count). The van der Waals surface area contributed by atoms with Crippen molar-refractivity contribution in [2.45, 2.75) is 6.54 Å². The molecule has 0 aliphatic rings. The van der Waals surface area contributed by atoms with Gasteiger partial charge in [-0.05, 0) is 56.1 Å². The molecule has 0 N–H and O–H groups in total. The first-order chi connectivity index (χ1) is 7.16. The Kier molecular flexibility index (Phi) is 3.43. The Morgan fingerprint density at radius 2 is 2.07 bits per heavy atom. The van der Waals surface area contributed by atoms with Gasteiger partial charge in [0, 0.05) is 11.1 Å². The Morgan fingerprint density at radius 3 is 2.73 bits per heavy atom. The smallest absolute Gasteiger partial charge is 0.265 e. The minimum Gasteiger partial charge on any atom is -0.309 e. The van der Waals surface area contributed by atoms with Crippen molar-refractivity contribution in [2.24, 2.45) is 0 Å². The van der Waals surface area contributed by atoms with Crippen LogP contribution >= 0.6 is 43.2 Å². The minimum atomic E-state index is 0.00187. The average molecular weight is 349 g/mol. The van der Waals surface area contributed by atoms with E-state index in [4.69, 9.17) is 0 Å². The molecule has 0 unspecified atom stereocenters. The Bertz CT molecular complexity index is 532. The predicted molar refractivity (Wildman–Crippen MR) is 69.5 cm³/mol. The van der Waals surface area contributed by atoms with E-state index in [0.717, 1.165) is 8.66 Å². The summed E-state index contributed by atoms with van der Waals surface area (Å²) < 4.78 is 3.36. The predicted octanol–water partition coefficient (Wildman–Crippen LogP) is 3.48. The van der Waals surface area contributed by atoms with E-state index in [1.54, 1.807) is 28.2 Å². The van der Waals surface area contributed by atoms with Crippen LogP contribution in [-0.4, -0.2) is 4.57 Å². The van der Waals surface area contributed by atoms with Crippen LogP contribution in [0, 0.1) is 0 Å². The maximum absolute atomic E-state index is 11.7. The van der Waals surface area contributed by atoms with Crippen LogP contribution < -0.4 is 5.56 Å². The van der Waals surface area contributed by atoms with E-state index < -0.39 is 0 Å². The van der Waals surface area contributed by atoms with Crippen molar-refractivity contribution >= 4 is 43.2 Å². The second-order valence-corrected chi connectivity index (χ2v) is 6.40. The van der Waals surface area contributed by atoms with Gasteiger partial charge in [-0.1, -0.05) is 0 Å². The van der Waals surface area contributed by atoms with Gasteiger partial charge in [0.15, 0.2) is 0 Å². The van der Waals surface area contributed by atoms with Crippen molar-refractivity contribution in [3.8, 4) is 0 Å². The quantitative estimate of drug-likeness (QED) is 0.814. The third-order valence-corrected chi connectivity index (χ3v) is 4.14. The van der Waals surface area contributed by atoms with Crippen molar-refractivity contribution in [2.75, 3.05) is 0 Å². The number of rotatable bonds is 2. The van der Waals surface area contributed by atoms with E-state index in [1.165, 1.54) is 0 Å². The molecule has 2 aromatic heterocycles. The van der Waals surface area contributed by atoms with Crippen molar-refractivity contribution < 1.29 is 0 Å². The summed E-state index contributed by atoms with van der Waals surface area (Å²) in [5, 5.41) is 0. The molecule has 2 heterocycles. The molecule has 0 fully saturated rings. The summed E-state index contributed by atoms with van der Waals surface area (Å²) in [5.41, 5.74) is 0.00187. The number of pyridine rings is 1. The van der Waals surface area contributed by atoms with Gasteiger partial charge in [0.25, 0.3) is 5.56 Å². The number of thiophene rings is 1. The summed E-state index contributed by atoms with van der Waals surface area (Å²) in [7, 11) is 0. The zero-order chi connectivity index (χ0) is 10.8. The highest BCUT2D eigenvalue weighted by Crippen LogP contribution is 2.22. The molecule has 0 radical (unpaired) electrons. The topological polar surface area (TPSA) is 22.0 Å². The zero-order valence-corrected chi connectivity index (χ0v) is 11.6. The number of hydrogen-bond acceptors (Lipinski definition) is 2. The molecule has 5 heteroatoms. The van der Waals surface area contributed by atoms with Crippen LogP contribution in [0.25, 0.3) is 0 Å². The van der Waals surface area contributed by atoms with Crippen molar-refractivity contribution in [3.05, 3.63) is 54.0 Å². The number of aromatic nitrogens is 1. The maximum atomic E-state index is 11.7. The summed E-state index contributed by atoms with van der Waals surface area (Å²) in [6.45, 7) is 0.620. The van der Waals surface area contributed by atoms with Crippen LogP contribution in [0.4, 0.5) is 0 Å². The Morgan fingerprint density at radius 1 is 1.27 bits per heavy atom. The van der Waals surface area contributed by atoms with E-state index in [1.807, 2.05) is 18.2 Å². The second-order valence-electron chi connectivity index (χ2n) is 2.99. The van der Waals surface area contributed by atoms with Crippen LogP contribution in [0.3, 0.4) is 0 Å². The molecule has 2 nitrogen and oxygen atoms in total. The Hall–Kier alpha value is -0.390. The molecule has 0 aromatic carbocycles. The summed E-state index contributed by atoms with van der Waals surface area (Å²) in [6.07, 6.45) is 1.79. The van der Waals surface area contributed by atoms with E-state index in [-0.39, 0.29) is 5.56 Å². The second kappa shape index (κ2) is 4.63. The molecular formula is C10H7Br2NOS. The number of nitrogens with zero attached hydrogens (tertiary/aromatic N) is 1. The lowest BCUT2D eigenvalue weighted by atomic mass is 10.4. The van der Waals surface area contributed by atoms with Gasteiger partial charge >= 0.3 is 0 Å². The van der Waals surface area contributed by atoms with Crippen molar-refractivity contribution in [1.29, 1.82) is 0 Å². The van der Waals surface area contributed by atoms with E-state index in [2.05, 4.69) is 31.9 Å². The first-order valence-corrected chi connectivity index (χ1v) is 6.66. The SMILES string of the molecule is O=c1c(Br)cccn1Cc1ccc(Br)s1. The molecule has 0 bridgehead atoms. The molecule has 0 aliphatic carbocycles. The fourth-order valence-corrected chi connectivity index (χ4v) is 3.10. The Labute approximate surface area is 108 Å². The lowest BCUT2D eigenvalue weighted by molar-refractivity contribution is 0.765. The fourth-order valence-electron chi connectivity index (χ4n) is 1.24. The summed E-state index contributed by atoms with van der Waals surface area (Å²) in [6, 6.07) is 7.61. The number of hydrogen-bond donors (Lipinski definition) is 0. The molecule has 0 atom stereocenters. The van der Waals surface area contributed by atoms with E-state index in [9.17, 15) is 4.79 Å². The highest BCUT2D eigenvalue weighted by molar-refractivity contribution is 9.11. The van der Waals surface area contributed by atoms with Crippen molar-refractivity contribution in [1.82, 2.24) is 4.57 Å². The average Bonchev–Trinajstić information content (AvgIpc) is 2.59. The summed E-state index contributed by atoms with van der Waals surface area (Å²) in [4.78, 5) is 12.8. The van der Waals surface area contributed by atoms with Gasteiger partial charge in [-0.3, -0.25) is 4.79 Å². The fraction of sp³-hybridized carbons (Fsp3) is 0.100. The Balaban J connectivity index is 2.32. The first kappa shape index (κ1) is 11.1. The molecule has 2 aromatic rings. The molecule has 15 heavy (non-hydrogen) atoms. The van der Waals surface area contributed by atoms with E-state index in [0.29, 0.717) is 11.0 Å². The third kappa shape index (κ3) is 2.59. The molecule has 0 aliphatic heterocycles. The standard InChI is InChI=1S/C10H7Br2NOS/c11-8-2-1-5-13(10(8)14)6-7-3-4-9(12)15-7/h1-5H,6H2. The summed E-state index contributed by atoms with van der Waals surface area (Å²) in [5.74, 6) is 0. The van der Waals surface area contributed by atoms with Crippen LogP contribution in [0.2, 0.25) is 0 Å². The first-order valence-electron chi connectivity index (χ1n) is 4.26. The van der Waals surface area contributed by atoms with Gasteiger partial charge in [-0.15, -0.1) is 11.3 Å². The van der Waals surface area contributed by atoms with Gasteiger partial charge in [0.1, 0.15) is 0 Å². The molecular weight excluding hydrogens is 342 g/mol. The van der Waals surface area contributed by atoms with Gasteiger partial charge in [0.05, 0.1) is 14.8 Å². The normalized spacial score (nSPS) is 10.5. The lowest BCUT2D eigenvalue weighted by Gasteiger charge is -2.03. The largest absolute Gasteiger partial charge is 0.309 e. The van der Waals surface area contributed by atoms with Gasteiger partial charge < -0.3 is 4.57 Å². The van der Waals surface area contributed by atoms with Gasteiger partial charge in [0.2, 0.25) is 0 Å². The lowest BCUT2D eigenvalue weighted by Crippen LogP contribution is -2.19. The summed E-state index contributed by atoms with van der Waals surface area (Å²) >= 11 is 8.26. The van der Waals surface area contributed by atoms with Crippen LogP contribution in [-0.2, 0) is 6.54 Å². The molecule has 0 saturated heterocycles. The minimum absolute atomic E-state index is 0.00187. The molecule has 0 saturated carbocycles. The molecule has 0 amide bonds. The number of halogens is 2. The maximum Gasteiger partial charge on any atom is 0.265 e. The zero-order valence-electron chi connectivity index (χ0n) is 7.61.